The largest absolute Gasteiger partial charge is 0.508 e. The van der Waals surface area contributed by atoms with Gasteiger partial charge in [-0.15, -0.1) is 0 Å². The molecule has 0 saturated heterocycles. The number of nitrogens with zero attached hydrogens (tertiary/aromatic N) is 1. The Balaban J connectivity index is 1.36. The van der Waals surface area contributed by atoms with Gasteiger partial charge in [-0.25, -0.2) is 14.6 Å². The number of benzene rings is 3. The van der Waals surface area contributed by atoms with Crippen LogP contribution in [0.1, 0.15) is 82.1 Å². The second-order valence-corrected chi connectivity index (χ2v) is 16.6. The lowest BCUT2D eigenvalue weighted by molar-refractivity contribution is -0.130. The highest BCUT2D eigenvalue weighted by molar-refractivity contribution is 7.99. The number of thioether (sulfide) groups is 1. The minimum Gasteiger partial charge on any atom is -0.508 e. The van der Waals surface area contributed by atoms with Gasteiger partial charge in [-0.05, 0) is 93.7 Å². The molecular formula is C44H58ClFN6O6S. The van der Waals surface area contributed by atoms with Crippen LogP contribution in [0.2, 0.25) is 5.02 Å². The zero-order valence-electron chi connectivity index (χ0n) is 34.5. The number of aryl methyl sites for hydroxylation is 1. The molecule has 0 radical (unpaired) electrons. The highest BCUT2D eigenvalue weighted by atomic mass is 35.5. The SMILES string of the molecule is CCOc1ccc(O)cc1CC(=O)N[C@H](C(=O)N[C@@H](CC)/C(CSCc1c(F)cccc1Cl)=N/NC(=O)NCC1CCC(C(=O)NCc2ccc(C)cc2)CC1)C(C)C. The standard InChI is InChI=1S/C44H58ClFN6O6S/c1-6-37(49-43(56)41(27(3)4)50-40(54)22-32-21-33(53)19-20-39(32)58-7-2)38(26-59-25-34-35(45)9-8-10-36(34)46)51-52-44(57)48-24-30-15-17-31(18-16-30)42(55)47-23-29-13-11-28(5)12-14-29/h8-14,19-21,27,30-31,37,41,53H,6-7,15-18,22-26H2,1-5H3,(H,47,55)(H,49,56)(H,50,54)(H2,48,52,57)/b51-38+/t30?,31?,37-,41-/m0/s1. The summed E-state index contributed by atoms with van der Waals surface area (Å²) >= 11 is 7.61. The van der Waals surface area contributed by atoms with E-state index < -0.39 is 35.7 Å². The van der Waals surface area contributed by atoms with Crippen molar-refractivity contribution in [1.29, 1.82) is 0 Å². The van der Waals surface area contributed by atoms with Crippen LogP contribution in [0.15, 0.2) is 65.8 Å². The van der Waals surface area contributed by atoms with Gasteiger partial charge in [-0.1, -0.05) is 68.3 Å². The van der Waals surface area contributed by atoms with E-state index in [4.69, 9.17) is 16.3 Å². The Labute approximate surface area is 356 Å². The van der Waals surface area contributed by atoms with Crippen LogP contribution in [0, 0.1) is 30.5 Å². The molecule has 59 heavy (non-hydrogen) atoms. The number of ether oxygens (including phenoxy) is 1. The molecule has 0 unspecified atom stereocenters. The molecule has 3 aromatic rings. The van der Waals surface area contributed by atoms with Gasteiger partial charge in [0.25, 0.3) is 0 Å². The highest BCUT2D eigenvalue weighted by Gasteiger charge is 2.29. The summed E-state index contributed by atoms with van der Waals surface area (Å²) in [6.07, 6.45) is 3.34. The Bertz CT molecular complexity index is 1890. The van der Waals surface area contributed by atoms with Crippen LogP contribution in [-0.2, 0) is 33.1 Å². The van der Waals surface area contributed by atoms with Crippen LogP contribution in [0.5, 0.6) is 11.5 Å². The summed E-state index contributed by atoms with van der Waals surface area (Å²) in [6.45, 7) is 10.6. The first-order chi connectivity index (χ1) is 28.3. The van der Waals surface area contributed by atoms with Crippen molar-refractivity contribution >= 4 is 52.8 Å². The maximum Gasteiger partial charge on any atom is 0.335 e. The van der Waals surface area contributed by atoms with E-state index in [1.165, 1.54) is 41.6 Å². The Morgan fingerprint density at radius 2 is 1.71 bits per heavy atom. The predicted molar refractivity (Wildman–Crippen MR) is 232 cm³/mol. The van der Waals surface area contributed by atoms with E-state index in [-0.39, 0.29) is 47.3 Å². The van der Waals surface area contributed by atoms with Gasteiger partial charge in [0.15, 0.2) is 0 Å². The molecule has 0 spiro atoms. The molecule has 1 aliphatic rings. The molecule has 320 valence electrons. The van der Waals surface area contributed by atoms with Gasteiger partial charge in [0.2, 0.25) is 17.7 Å². The van der Waals surface area contributed by atoms with E-state index in [9.17, 15) is 28.7 Å². The fourth-order valence-corrected chi connectivity index (χ4v) is 8.20. The lowest BCUT2D eigenvalue weighted by atomic mass is 9.81. The van der Waals surface area contributed by atoms with Gasteiger partial charge in [0, 0.05) is 46.7 Å². The third-order valence-electron chi connectivity index (χ3n) is 10.3. The van der Waals surface area contributed by atoms with E-state index in [1.54, 1.807) is 12.1 Å². The highest BCUT2D eigenvalue weighted by Crippen LogP contribution is 2.29. The predicted octanol–water partition coefficient (Wildman–Crippen LogP) is 7.18. The quantitative estimate of drug-likeness (QED) is 0.0517. The van der Waals surface area contributed by atoms with E-state index in [1.807, 2.05) is 58.9 Å². The third-order valence-corrected chi connectivity index (χ3v) is 11.6. The molecule has 12 nitrogen and oxygen atoms in total. The lowest BCUT2D eigenvalue weighted by Crippen LogP contribution is -2.54. The minimum atomic E-state index is -0.916. The lowest BCUT2D eigenvalue weighted by Gasteiger charge is -2.28. The summed E-state index contributed by atoms with van der Waals surface area (Å²) in [7, 11) is 0. The fourth-order valence-electron chi connectivity index (χ4n) is 6.82. The van der Waals surface area contributed by atoms with E-state index in [2.05, 4.69) is 31.8 Å². The Morgan fingerprint density at radius 1 is 0.983 bits per heavy atom. The molecule has 3 aromatic carbocycles. The number of hydrazone groups is 1. The van der Waals surface area contributed by atoms with Gasteiger partial charge in [-0.2, -0.15) is 16.9 Å². The number of rotatable bonds is 20. The van der Waals surface area contributed by atoms with Crippen LogP contribution in [0.25, 0.3) is 0 Å². The maximum absolute atomic E-state index is 14.6. The Hall–Kier alpha value is -4.82. The molecule has 0 heterocycles. The maximum atomic E-state index is 14.6. The monoisotopic (exact) mass is 852 g/mol. The molecule has 0 aliphatic heterocycles. The average molecular weight is 854 g/mol. The molecule has 1 saturated carbocycles. The summed E-state index contributed by atoms with van der Waals surface area (Å²) in [5.41, 5.74) is 6.06. The molecule has 1 aliphatic carbocycles. The van der Waals surface area contributed by atoms with Gasteiger partial charge in [-0.3, -0.25) is 14.4 Å². The minimum absolute atomic E-state index is 0.0113. The molecule has 2 atom stereocenters. The number of urea groups is 1. The first kappa shape index (κ1) is 46.9. The summed E-state index contributed by atoms with van der Waals surface area (Å²) in [6, 6.07) is 15.0. The Morgan fingerprint density at radius 3 is 2.37 bits per heavy atom. The van der Waals surface area contributed by atoms with Gasteiger partial charge < -0.3 is 31.1 Å². The number of aromatic hydroxyl groups is 1. The number of hydrogen-bond acceptors (Lipinski definition) is 8. The summed E-state index contributed by atoms with van der Waals surface area (Å²) in [5, 5.41) is 26.5. The second kappa shape index (κ2) is 23.7. The number of phenols is 1. The first-order valence-electron chi connectivity index (χ1n) is 20.3. The van der Waals surface area contributed by atoms with Gasteiger partial charge >= 0.3 is 6.03 Å². The Kier molecular flexibility index (Phi) is 18.8. The topological polar surface area (TPSA) is 170 Å². The number of nitrogens with one attached hydrogen (secondary N) is 5. The third kappa shape index (κ3) is 15.1. The molecular weight excluding hydrogens is 795 g/mol. The zero-order chi connectivity index (χ0) is 42.9. The number of halogens is 2. The van der Waals surface area contributed by atoms with Crippen LogP contribution < -0.4 is 31.4 Å². The van der Waals surface area contributed by atoms with E-state index >= 15 is 0 Å². The number of hydrogen-bond donors (Lipinski definition) is 6. The zero-order valence-corrected chi connectivity index (χ0v) is 36.1. The molecule has 6 N–H and O–H groups in total. The number of carbonyl (C=O) groups excluding carboxylic acids is 4. The van der Waals surface area contributed by atoms with Crippen molar-refractivity contribution in [2.45, 2.75) is 97.5 Å². The molecule has 4 rings (SSSR count). The fraction of sp³-hybridized carbons (Fsp3) is 0.477. The summed E-state index contributed by atoms with van der Waals surface area (Å²) < 4.78 is 20.2. The number of phenolic OH excluding ortho intramolecular Hbond substituents is 1. The number of amides is 5. The van der Waals surface area contributed by atoms with Crippen molar-refractivity contribution in [2.75, 3.05) is 18.9 Å². The smallest absolute Gasteiger partial charge is 0.335 e. The van der Waals surface area contributed by atoms with Crippen molar-refractivity contribution in [1.82, 2.24) is 26.7 Å². The normalized spacial score (nSPS) is 16.4. The first-order valence-corrected chi connectivity index (χ1v) is 21.8. The van der Waals surface area contributed by atoms with Crippen LogP contribution in [0.3, 0.4) is 0 Å². The van der Waals surface area contributed by atoms with Crippen molar-refractivity contribution < 1.29 is 33.4 Å². The molecule has 15 heteroatoms. The van der Waals surface area contributed by atoms with Gasteiger partial charge in [0.1, 0.15) is 23.4 Å². The van der Waals surface area contributed by atoms with E-state index in [0.717, 1.165) is 31.2 Å². The van der Waals surface area contributed by atoms with E-state index in [0.29, 0.717) is 53.7 Å². The van der Waals surface area contributed by atoms with Crippen molar-refractivity contribution in [2.24, 2.45) is 22.9 Å². The summed E-state index contributed by atoms with van der Waals surface area (Å²) in [5.74, 6) is -0.527. The van der Waals surface area contributed by atoms with Crippen molar-refractivity contribution in [3.8, 4) is 11.5 Å². The molecule has 0 bridgehead atoms. The van der Waals surface area contributed by atoms with Crippen molar-refractivity contribution in [3.05, 3.63) is 93.8 Å². The molecule has 5 amide bonds. The number of carbonyl (C=O) groups is 4. The summed E-state index contributed by atoms with van der Waals surface area (Å²) in [4.78, 5) is 52.9. The average Bonchev–Trinajstić information content (AvgIpc) is 3.21. The van der Waals surface area contributed by atoms with Crippen LogP contribution in [-0.4, -0.2) is 65.6 Å². The van der Waals surface area contributed by atoms with Gasteiger partial charge in [0.05, 0.1) is 24.8 Å². The second-order valence-electron chi connectivity index (χ2n) is 15.2. The molecule has 0 aromatic heterocycles. The van der Waals surface area contributed by atoms with Crippen LogP contribution >= 0.6 is 23.4 Å². The van der Waals surface area contributed by atoms with Crippen molar-refractivity contribution in [3.63, 3.8) is 0 Å². The molecule has 1 fully saturated rings. The van der Waals surface area contributed by atoms with Crippen LogP contribution in [0.4, 0.5) is 9.18 Å².